The Bertz CT molecular complexity index is 1330. The molecule has 0 radical (unpaired) electrons. The second kappa shape index (κ2) is 8.27. The number of rotatable bonds is 5. The normalized spacial score (nSPS) is 15.0. The lowest BCUT2D eigenvalue weighted by atomic mass is 10.1. The highest BCUT2D eigenvalue weighted by Gasteiger charge is 2.22. The van der Waals surface area contributed by atoms with E-state index in [1.165, 1.54) is 0 Å². The smallest absolute Gasteiger partial charge is 0.251 e. The number of anilines is 1. The molecule has 8 heteroatoms. The Morgan fingerprint density at radius 2 is 1.94 bits per heavy atom. The molecule has 0 bridgehead atoms. The molecule has 0 saturated carbocycles. The molecule has 0 spiro atoms. The highest BCUT2D eigenvalue weighted by molar-refractivity contribution is 5.91. The summed E-state index contributed by atoms with van der Waals surface area (Å²) < 4.78 is 7.59. The quantitative estimate of drug-likeness (QED) is 0.522. The lowest BCUT2D eigenvalue weighted by molar-refractivity contribution is 0.249. The first-order chi connectivity index (χ1) is 15.6. The van der Waals surface area contributed by atoms with E-state index in [4.69, 9.17) is 4.74 Å². The van der Waals surface area contributed by atoms with Gasteiger partial charge in [0.05, 0.1) is 34.7 Å². The van der Waals surface area contributed by atoms with Gasteiger partial charge in [0.25, 0.3) is 5.56 Å². The molecule has 0 amide bonds. The molecule has 0 atom stereocenters. The average Bonchev–Trinajstić information content (AvgIpc) is 3.18. The number of benzene rings is 1. The Morgan fingerprint density at radius 1 is 1.12 bits per heavy atom. The average molecular weight is 433 g/mol. The Hall–Kier alpha value is -3.39. The summed E-state index contributed by atoms with van der Waals surface area (Å²) >= 11 is 0. The Kier molecular flexibility index (Phi) is 5.30. The van der Waals surface area contributed by atoms with Crippen LogP contribution in [0.5, 0.6) is 5.75 Å². The SMILES string of the molecule is CCc1cc2ncc(CN3CCN(c4ccc5nn(C)cc5c4OC)CC3)cc2[nH]c1=O. The summed E-state index contributed by atoms with van der Waals surface area (Å²) in [5.41, 5.74) is 5.57. The number of methoxy groups -OCH3 is 1. The molecular formula is C24H28N6O2. The van der Waals surface area contributed by atoms with Crippen molar-refractivity contribution in [3.8, 4) is 5.75 Å². The summed E-state index contributed by atoms with van der Waals surface area (Å²) in [6.45, 7) is 6.51. The van der Waals surface area contributed by atoms with Crippen LogP contribution in [-0.2, 0) is 20.0 Å². The molecule has 0 unspecified atom stereocenters. The van der Waals surface area contributed by atoms with Crippen LogP contribution < -0.4 is 15.2 Å². The summed E-state index contributed by atoms with van der Waals surface area (Å²) in [4.78, 5) is 24.5. The minimum atomic E-state index is -0.0212. The fourth-order valence-corrected chi connectivity index (χ4v) is 4.56. The van der Waals surface area contributed by atoms with Gasteiger partial charge in [-0.2, -0.15) is 5.10 Å². The molecule has 166 valence electrons. The first kappa shape index (κ1) is 20.5. The Labute approximate surface area is 186 Å². The van der Waals surface area contributed by atoms with E-state index < -0.39 is 0 Å². The molecule has 3 aromatic heterocycles. The van der Waals surface area contributed by atoms with Gasteiger partial charge in [-0.15, -0.1) is 0 Å². The lowest BCUT2D eigenvalue weighted by Gasteiger charge is -2.36. The van der Waals surface area contributed by atoms with Crippen molar-refractivity contribution < 1.29 is 4.74 Å². The fraction of sp³-hybridized carbons (Fsp3) is 0.375. The predicted molar refractivity (Wildman–Crippen MR) is 126 cm³/mol. The van der Waals surface area contributed by atoms with E-state index in [0.717, 1.165) is 77.2 Å². The molecule has 1 fully saturated rings. The molecule has 8 nitrogen and oxygen atoms in total. The standard InChI is InChI=1S/C24H28N6O2/c1-4-17-12-20-21(26-24(17)31)11-16(13-25-20)14-29-7-9-30(10-8-29)22-6-5-19-18(23(22)32-3)15-28(2)27-19/h5-6,11-13,15H,4,7-10,14H2,1-3H3,(H,26,31). The highest BCUT2D eigenvalue weighted by atomic mass is 16.5. The van der Waals surface area contributed by atoms with Crippen molar-refractivity contribution in [2.24, 2.45) is 7.05 Å². The number of pyridine rings is 2. The highest BCUT2D eigenvalue weighted by Crippen LogP contribution is 2.36. The summed E-state index contributed by atoms with van der Waals surface area (Å²) in [6.07, 6.45) is 4.64. The summed E-state index contributed by atoms with van der Waals surface area (Å²) in [6, 6.07) is 8.11. The molecule has 0 aliphatic carbocycles. The second-order valence-electron chi connectivity index (χ2n) is 8.37. The fourth-order valence-electron chi connectivity index (χ4n) is 4.56. The molecule has 1 N–H and O–H groups in total. The zero-order valence-electron chi connectivity index (χ0n) is 18.8. The van der Waals surface area contributed by atoms with Crippen LogP contribution >= 0.6 is 0 Å². The third-order valence-corrected chi connectivity index (χ3v) is 6.26. The largest absolute Gasteiger partial charge is 0.494 e. The number of piperazine rings is 1. The molecular weight excluding hydrogens is 404 g/mol. The van der Waals surface area contributed by atoms with Crippen molar-refractivity contribution in [2.75, 3.05) is 38.2 Å². The van der Waals surface area contributed by atoms with Gasteiger partial charge < -0.3 is 14.6 Å². The maximum atomic E-state index is 12.2. The van der Waals surface area contributed by atoms with Crippen LogP contribution in [0.3, 0.4) is 0 Å². The lowest BCUT2D eigenvalue weighted by Crippen LogP contribution is -2.46. The summed E-state index contributed by atoms with van der Waals surface area (Å²) in [5, 5.41) is 5.52. The van der Waals surface area contributed by atoms with Gasteiger partial charge in [-0.25, -0.2) is 0 Å². The molecule has 32 heavy (non-hydrogen) atoms. The van der Waals surface area contributed by atoms with E-state index in [0.29, 0.717) is 6.42 Å². The van der Waals surface area contributed by atoms with Gasteiger partial charge in [-0.05, 0) is 36.2 Å². The molecule has 1 aliphatic rings. The maximum Gasteiger partial charge on any atom is 0.251 e. The zero-order chi connectivity index (χ0) is 22.2. The molecule has 1 aromatic carbocycles. The van der Waals surface area contributed by atoms with Crippen LogP contribution in [0.2, 0.25) is 0 Å². The van der Waals surface area contributed by atoms with Gasteiger partial charge in [0.1, 0.15) is 0 Å². The number of aromatic nitrogens is 4. The number of H-pyrrole nitrogens is 1. The third-order valence-electron chi connectivity index (χ3n) is 6.26. The number of fused-ring (bicyclic) bond motifs is 2. The van der Waals surface area contributed by atoms with E-state index in [2.05, 4.69) is 43.1 Å². The molecule has 1 aliphatic heterocycles. The van der Waals surface area contributed by atoms with Gasteiger partial charge >= 0.3 is 0 Å². The first-order valence-electron chi connectivity index (χ1n) is 11.0. The Balaban J connectivity index is 1.30. The van der Waals surface area contributed by atoms with Crippen LogP contribution in [0.1, 0.15) is 18.1 Å². The van der Waals surface area contributed by atoms with Crippen LogP contribution in [0.15, 0.2) is 41.5 Å². The van der Waals surface area contributed by atoms with Crippen LogP contribution in [0, 0.1) is 0 Å². The maximum absolute atomic E-state index is 12.2. The minimum Gasteiger partial charge on any atom is -0.494 e. The number of aryl methyl sites for hydroxylation is 2. The third kappa shape index (κ3) is 3.71. The molecule has 5 rings (SSSR count). The monoisotopic (exact) mass is 432 g/mol. The van der Waals surface area contributed by atoms with Crippen molar-refractivity contribution in [3.63, 3.8) is 0 Å². The minimum absolute atomic E-state index is 0.0212. The summed E-state index contributed by atoms with van der Waals surface area (Å²) in [5.74, 6) is 0.887. The first-order valence-corrected chi connectivity index (χ1v) is 11.0. The van der Waals surface area contributed by atoms with Crippen LogP contribution in [0.4, 0.5) is 5.69 Å². The van der Waals surface area contributed by atoms with Crippen molar-refractivity contribution in [2.45, 2.75) is 19.9 Å². The Morgan fingerprint density at radius 3 is 2.69 bits per heavy atom. The van der Waals surface area contributed by atoms with Crippen molar-refractivity contribution >= 4 is 27.6 Å². The van der Waals surface area contributed by atoms with Crippen molar-refractivity contribution in [1.29, 1.82) is 0 Å². The number of ether oxygens (including phenoxy) is 1. The predicted octanol–water partition coefficient (Wildman–Crippen LogP) is 2.70. The van der Waals surface area contributed by atoms with Gasteiger partial charge in [-0.1, -0.05) is 6.92 Å². The number of hydrogen-bond donors (Lipinski definition) is 1. The van der Waals surface area contributed by atoms with E-state index in [-0.39, 0.29) is 5.56 Å². The van der Waals surface area contributed by atoms with Gasteiger partial charge in [0, 0.05) is 57.7 Å². The summed E-state index contributed by atoms with van der Waals surface area (Å²) in [7, 11) is 3.65. The molecule has 1 saturated heterocycles. The van der Waals surface area contributed by atoms with E-state index in [9.17, 15) is 4.79 Å². The van der Waals surface area contributed by atoms with Crippen LogP contribution in [-0.4, -0.2) is 57.9 Å². The van der Waals surface area contributed by atoms with E-state index in [1.807, 2.05) is 37.1 Å². The molecule has 4 heterocycles. The molecule has 4 aromatic rings. The van der Waals surface area contributed by atoms with Gasteiger partial charge in [-0.3, -0.25) is 19.4 Å². The number of hydrogen-bond acceptors (Lipinski definition) is 6. The van der Waals surface area contributed by atoms with E-state index in [1.54, 1.807) is 7.11 Å². The topological polar surface area (TPSA) is 79.3 Å². The van der Waals surface area contributed by atoms with Gasteiger partial charge in [0.2, 0.25) is 0 Å². The van der Waals surface area contributed by atoms with E-state index >= 15 is 0 Å². The number of nitrogens with zero attached hydrogens (tertiary/aromatic N) is 5. The second-order valence-corrected chi connectivity index (χ2v) is 8.37. The van der Waals surface area contributed by atoms with Crippen molar-refractivity contribution in [1.82, 2.24) is 24.6 Å². The number of aromatic amines is 1. The van der Waals surface area contributed by atoms with Gasteiger partial charge in [0.15, 0.2) is 5.75 Å². The van der Waals surface area contributed by atoms with Crippen LogP contribution in [0.25, 0.3) is 21.9 Å². The van der Waals surface area contributed by atoms with Crippen molar-refractivity contribution in [3.05, 3.63) is 58.1 Å². The zero-order valence-corrected chi connectivity index (χ0v) is 18.8. The number of nitrogens with one attached hydrogen (secondary N) is 1.